The van der Waals surface area contributed by atoms with Crippen LogP contribution in [0.4, 0.5) is 5.69 Å². The summed E-state index contributed by atoms with van der Waals surface area (Å²) < 4.78 is 10.2. The van der Waals surface area contributed by atoms with Gasteiger partial charge >= 0.3 is 0 Å². The average Bonchev–Trinajstić information content (AvgIpc) is 2.27. The van der Waals surface area contributed by atoms with Crippen molar-refractivity contribution in [3.05, 3.63) is 29.8 Å². The summed E-state index contributed by atoms with van der Waals surface area (Å²) in [4.78, 5) is 11.5. The van der Waals surface area contributed by atoms with Crippen molar-refractivity contribution in [2.75, 3.05) is 25.1 Å². The van der Waals surface area contributed by atoms with E-state index in [0.717, 1.165) is 0 Å². The van der Waals surface area contributed by atoms with Crippen LogP contribution in [0.25, 0.3) is 0 Å². The van der Waals surface area contributed by atoms with E-state index in [1.54, 1.807) is 24.3 Å². The van der Waals surface area contributed by atoms with Crippen LogP contribution in [0, 0.1) is 11.3 Å². The second-order valence-electron chi connectivity index (χ2n) is 3.68. The maximum Gasteiger partial charge on any atom is 0.250 e. The van der Waals surface area contributed by atoms with Crippen LogP contribution in [-0.4, -0.2) is 31.8 Å². The predicted octanol–water partition coefficient (Wildman–Crippen LogP) is 0.912. The summed E-state index contributed by atoms with van der Waals surface area (Å²) in [6, 6.07) is 8.85. The van der Waals surface area contributed by atoms with Crippen molar-refractivity contribution in [1.29, 1.82) is 5.26 Å². The molecule has 1 aliphatic heterocycles. The first-order valence-electron chi connectivity index (χ1n) is 5.28. The van der Waals surface area contributed by atoms with Crippen molar-refractivity contribution in [1.82, 2.24) is 0 Å². The summed E-state index contributed by atoms with van der Waals surface area (Å²) in [6.07, 6.45) is 0.0203. The molecule has 0 spiro atoms. The van der Waals surface area contributed by atoms with Gasteiger partial charge in [0, 0.05) is 0 Å². The highest BCUT2D eigenvalue weighted by Crippen LogP contribution is 2.13. The molecule has 1 saturated heterocycles. The number of nitriles is 1. The standard InChI is InChI=1S/C12H12N2O3/c13-5-9-3-1-2-4-11(9)14-12(15)8-17-10-6-16-7-10/h1-4,10H,6-8H2,(H,14,15). The Bertz CT molecular complexity index is 449. The first-order valence-corrected chi connectivity index (χ1v) is 5.28. The minimum absolute atomic E-state index is 0.0201. The third-order valence-electron chi connectivity index (χ3n) is 2.38. The van der Waals surface area contributed by atoms with Crippen LogP contribution in [-0.2, 0) is 14.3 Å². The van der Waals surface area contributed by atoms with E-state index in [9.17, 15) is 4.79 Å². The van der Waals surface area contributed by atoms with Crippen LogP contribution in [0.2, 0.25) is 0 Å². The highest BCUT2D eigenvalue weighted by atomic mass is 16.6. The number of amides is 1. The van der Waals surface area contributed by atoms with E-state index in [1.165, 1.54) is 0 Å². The number of carbonyl (C=O) groups excluding carboxylic acids is 1. The summed E-state index contributed by atoms with van der Waals surface area (Å²) in [6.45, 7) is 1.07. The highest BCUT2D eigenvalue weighted by molar-refractivity contribution is 5.92. The molecule has 0 radical (unpaired) electrons. The van der Waals surface area contributed by atoms with Crippen molar-refractivity contribution in [3.8, 4) is 6.07 Å². The van der Waals surface area contributed by atoms with Gasteiger partial charge in [-0.25, -0.2) is 0 Å². The van der Waals surface area contributed by atoms with Gasteiger partial charge in [-0.05, 0) is 12.1 Å². The molecule has 0 aliphatic carbocycles. The van der Waals surface area contributed by atoms with Crippen molar-refractivity contribution in [2.45, 2.75) is 6.10 Å². The minimum Gasteiger partial charge on any atom is -0.376 e. The molecule has 0 aromatic heterocycles. The Morgan fingerprint density at radius 2 is 2.29 bits per heavy atom. The number of para-hydroxylation sites is 1. The first-order chi connectivity index (χ1) is 8.29. The molecule has 1 aliphatic rings. The SMILES string of the molecule is N#Cc1ccccc1NC(=O)COC1COC1. The lowest BCUT2D eigenvalue weighted by Gasteiger charge is -2.25. The smallest absolute Gasteiger partial charge is 0.250 e. The lowest BCUT2D eigenvalue weighted by molar-refractivity contribution is -0.144. The van der Waals surface area contributed by atoms with E-state index < -0.39 is 0 Å². The van der Waals surface area contributed by atoms with Gasteiger partial charge in [-0.2, -0.15) is 5.26 Å². The number of rotatable bonds is 4. The van der Waals surface area contributed by atoms with Gasteiger partial charge < -0.3 is 14.8 Å². The Labute approximate surface area is 98.9 Å². The van der Waals surface area contributed by atoms with Gasteiger partial charge in [0.05, 0.1) is 24.5 Å². The normalized spacial score (nSPS) is 14.8. The molecule has 88 valence electrons. The van der Waals surface area contributed by atoms with Crippen molar-refractivity contribution in [3.63, 3.8) is 0 Å². The Morgan fingerprint density at radius 1 is 1.53 bits per heavy atom. The summed E-state index contributed by atoms with van der Waals surface area (Å²) in [5, 5.41) is 11.5. The topological polar surface area (TPSA) is 71.4 Å². The van der Waals surface area contributed by atoms with Crippen molar-refractivity contribution >= 4 is 11.6 Å². The second kappa shape index (κ2) is 5.43. The number of benzene rings is 1. The zero-order valence-electron chi connectivity index (χ0n) is 9.18. The minimum atomic E-state index is -0.264. The van der Waals surface area contributed by atoms with Crippen LogP contribution in [0.3, 0.4) is 0 Å². The molecule has 1 heterocycles. The van der Waals surface area contributed by atoms with Crippen molar-refractivity contribution < 1.29 is 14.3 Å². The molecule has 0 saturated carbocycles. The molecule has 1 aromatic carbocycles. The van der Waals surface area contributed by atoms with Gasteiger partial charge in [-0.1, -0.05) is 12.1 Å². The second-order valence-corrected chi connectivity index (χ2v) is 3.68. The molecule has 0 atom stereocenters. The van der Waals surface area contributed by atoms with Gasteiger partial charge in [-0.15, -0.1) is 0 Å². The van der Waals surface area contributed by atoms with E-state index >= 15 is 0 Å². The quantitative estimate of drug-likeness (QED) is 0.837. The van der Waals surface area contributed by atoms with Gasteiger partial charge in [0.1, 0.15) is 18.8 Å². The van der Waals surface area contributed by atoms with E-state index in [-0.39, 0.29) is 18.6 Å². The third-order valence-corrected chi connectivity index (χ3v) is 2.38. The number of anilines is 1. The molecule has 0 bridgehead atoms. The number of nitrogens with one attached hydrogen (secondary N) is 1. The summed E-state index contributed by atoms with van der Waals surface area (Å²) in [5.74, 6) is -0.264. The Hall–Kier alpha value is -1.90. The molecule has 2 rings (SSSR count). The van der Waals surface area contributed by atoms with Crippen molar-refractivity contribution in [2.24, 2.45) is 0 Å². The first kappa shape index (κ1) is 11.6. The highest BCUT2D eigenvalue weighted by Gasteiger charge is 2.20. The maximum absolute atomic E-state index is 11.5. The van der Waals surface area contributed by atoms with Gasteiger partial charge in [0.15, 0.2) is 0 Å². The molecule has 17 heavy (non-hydrogen) atoms. The lowest BCUT2D eigenvalue weighted by Crippen LogP contribution is -2.38. The predicted molar refractivity (Wildman–Crippen MR) is 60.3 cm³/mol. The summed E-state index contributed by atoms with van der Waals surface area (Å²) in [7, 11) is 0. The number of nitrogens with zero attached hydrogens (tertiary/aromatic N) is 1. The number of ether oxygens (including phenoxy) is 2. The average molecular weight is 232 g/mol. The van der Waals surface area contributed by atoms with Crippen LogP contribution >= 0.6 is 0 Å². The number of hydrogen-bond acceptors (Lipinski definition) is 4. The van der Waals surface area contributed by atoms with Gasteiger partial charge in [0.25, 0.3) is 0 Å². The third kappa shape index (κ3) is 3.03. The molecular formula is C12H12N2O3. The van der Waals surface area contributed by atoms with Crippen LogP contribution in [0.5, 0.6) is 0 Å². The zero-order valence-corrected chi connectivity index (χ0v) is 9.18. The Morgan fingerprint density at radius 3 is 2.94 bits per heavy atom. The molecule has 1 aromatic rings. The van der Waals surface area contributed by atoms with Crippen LogP contribution in [0.1, 0.15) is 5.56 Å². The largest absolute Gasteiger partial charge is 0.376 e. The molecular weight excluding hydrogens is 220 g/mol. The fraction of sp³-hybridized carbons (Fsp3) is 0.333. The van der Waals surface area contributed by atoms with Gasteiger partial charge in [-0.3, -0.25) is 4.79 Å². The number of carbonyl (C=O) groups is 1. The molecule has 1 fully saturated rings. The van der Waals surface area contributed by atoms with E-state index in [1.807, 2.05) is 6.07 Å². The summed E-state index contributed by atoms with van der Waals surface area (Å²) in [5.41, 5.74) is 0.946. The van der Waals surface area contributed by atoms with E-state index in [0.29, 0.717) is 24.5 Å². The molecule has 0 unspecified atom stereocenters. The fourth-order valence-corrected chi connectivity index (χ4v) is 1.38. The van der Waals surface area contributed by atoms with Crippen LogP contribution in [0.15, 0.2) is 24.3 Å². The maximum atomic E-state index is 11.5. The molecule has 1 N–H and O–H groups in total. The molecule has 5 heteroatoms. The molecule has 1 amide bonds. The fourth-order valence-electron chi connectivity index (χ4n) is 1.38. The Balaban J connectivity index is 1.86. The zero-order chi connectivity index (χ0) is 12.1. The monoisotopic (exact) mass is 232 g/mol. The van der Waals surface area contributed by atoms with Crippen LogP contribution < -0.4 is 5.32 Å². The number of hydrogen-bond donors (Lipinski definition) is 1. The summed E-state index contributed by atoms with van der Waals surface area (Å²) >= 11 is 0. The Kier molecular flexibility index (Phi) is 3.70. The van der Waals surface area contributed by atoms with E-state index in [4.69, 9.17) is 14.7 Å². The molecule has 5 nitrogen and oxygen atoms in total. The lowest BCUT2D eigenvalue weighted by atomic mass is 10.2. The van der Waals surface area contributed by atoms with Gasteiger partial charge in [0.2, 0.25) is 5.91 Å². The van der Waals surface area contributed by atoms with E-state index in [2.05, 4.69) is 5.32 Å².